The number of methoxy groups -OCH3 is 1. The van der Waals surface area contributed by atoms with Crippen LogP contribution in [0.15, 0.2) is 36.4 Å². The molecule has 0 saturated heterocycles. The van der Waals surface area contributed by atoms with Crippen LogP contribution in [0.1, 0.15) is 36.7 Å². The molecule has 0 radical (unpaired) electrons. The molecule has 0 aromatic heterocycles. The lowest BCUT2D eigenvalue weighted by molar-refractivity contribution is -0.126. The van der Waals surface area contributed by atoms with Gasteiger partial charge in [0.25, 0.3) is 5.91 Å². The number of rotatable bonds is 6. The minimum atomic E-state index is -0.940. The van der Waals surface area contributed by atoms with Crippen LogP contribution in [0.5, 0.6) is 11.5 Å². The van der Waals surface area contributed by atoms with Crippen LogP contribution in [0.4, 0.5) is 5.69 Å². The van der Waals surface area contributed by atoms with E-state index in [2.05, 4.69) is 0 Å². The topological polar surface area (TPSA) is 65.1 Å². The Labute approximate surface area is 175 Å². The molecule has 1 amide bonds. The van der Waals surface area contributed by atoms with Crippen LogP contribution in [0.2, 0.25) is 5.02 Å². The molecule has 1 heterocycles. The zero-order valence-electron chi connectivity index (χ0n) is 16.9. The van der Waals surface area contributed by atoms with E-state index in [1.807, 2.05) is 38.1 Å². The molecule has 1 atom stereocenters. The number of carbonyl (C=O) groups is 2. The maximum atomic E-state index is 12.8. The molecule has 1 unspecified atom stereocenters. The number of esters is 1. The monoisotopic (exact) mass is 417 g/mol. The van der Waals surface area contributed by atoms with E-state index >= 15 is 0 Å². The van der Waals surface area contributed by atoms with Gasteiger partial charge >= 0.3 is 5.97 Å². The number of hydrogen-bond acceptors (Lipinski definition) is 5. The maximum Gasteiger partial charge on any atom is 0.339 e. The molecule has 2 aromatic carbocycles. The Bertz CT molecular complexity index is 927. The Balaban J connectivity index is 1.74. The van der Waals surface area contributed by atoms with E-state index < -0.39 is 12.1 Å². The van der Waals surface area contributed by atoms with Crippen molar-refractivity contribution in [2.45, 2.75) is 39.4 Å². The van der Waals surface area contributed by atoms with Gasteiger partial charge in [0.2, 0.25) is 0 Å². The van der Waals surface area contributed by atoms with Crippen LogP contribution in [0, 0.1) is 0 Å². The molecule has 2 aromatic rings. The van der Waals surface area contributed by atoms with Crippen molar-refractivity contribution in [3.05, 3.63) is 52.5 Å². The summed E-state index contributed by atoms with van der Waals surface area (Å²) in [5, 5.41) is 0.234. The number of benzene rings is 2. The van der Waals surface area contributed by atoms with Gasteiger partial charge in [-0.25, -0.2) is 4.79 Å². The lowest BCUT2D eigenvalue weighted by Crippen LogP contribution is -2.39. The summed E-state index contributed by atoms with van der Waals surface area (Å²) in [7, 11) is 1.46. The second-order valence-corrected chi connectivity index (χ2v) is 7.48. The van der Waals surface area contributed by atoms with Crippen molar-refractivity contribution >= 4 is 29.2 Å². The molecule has 0 saturated carbocycles. The third-order valence-electron chi connectivity index (χ3n) is 4.60. The zero-order chi connectivity index (χ0) is 21.1. The number of amides is 1. The van der Waals surface area contributed by atoms with Crippen LogP contribution < -0.4 is 14.4 Å². The summed E-state index contributed by atoms with van der Waals surface area (Å²) in [6.45, 7) is 5.86. The fraction of sp³-hybridized carbons (Fsp3) is 0.364. The van der Waals surface area contributed by atoms with Crippen molar-refractivity contribution in [2.24, 2.45) is 0 Å². The molecule has 6 nitrogen and oxygen atoms in total. The van der Waals surface area contributed by atoms with Gasteiger partial charge in [0.1, 0.15) is 0 Å². The van der Waals surface area contributed by atoms with Gasteiger partial charge in [0.05, 0.1) is 23.8 Å². The highest BCUT2D eigenvalue weighted by Gasteiger charge is 2.30. The largest absolute Gasteiger partial charge is 0.493 e. The average molecular weight is 418 g/mol. The molecular formula is C22H24ClNO5. The van der Waals surface area contributed by atoms with Gasteiger partial charge in [-0.3, -0.25) is 4.79 Å². The molecule has 0 spiro atoms. The molecule has 0 N–H and O–H groups in total. The molecule has 1 aliphatic rings. The number of anilines is 1. The Kier molecular flexibility index (Phi) is 6.33. The van der Waals surface area contributed by atoms with Gasteiger partial charge in [0.15, 0.2) is 17.6 Å². The van der Waals surface area contributed by atoms with Crippen LogP contribution in [-0.2, 0) is 16.0 Å². The van der Waals surface area contributed by atoms with Gasteiger partial charge in [-0.05, 0) is 51.0 Å². The SMILES string of the molecule is COc1cc(C(=O)OC(C)C(=O)N2CCc3ccccc32)cc(Cl)c1OC(C)C. The van der Waals surface area contributed by atoms with E-state index in [-0.39, 0.29) is 22.6 Å². The van der Waals surface area contributed by atoms with E-state index in [0.717, 1.165) is 17.7 Å². The predicted molar refractivity (Wildman–Crippen MR) is 111 cm³/mol. The quantitative estimate of drug-likeness (QED) is 0.656. The highest BCUT2D eigenvalue weighted by atomic mass is 35.5. The van der Waals surface area contributed by atoms with E-state index in [0.29, 0.717) is 18.0 Å². The van der Waals surface area contributed by atoms with Crippen molar-refractivity contribution in [3.8, 4) is 11.5 Å². The lowest BCUT2D eigenvalue weighted by Gasteiger charge is -2.22. The molecule has 154 valence electrons. The van der Waals surface area contributed by atoms with Crippen LogP contribution in [0.25, 0.3) is 0 Å². The Morgan fingerprint density at radius 1 is 1.14 bits per heavy atom. The molecule has 0 fully saturated rings. The average Bonchev–Trinajstić information content (AvgIpc) is 3.12. The van der Waals surface area contributed by atoms with Crippen molar-refractivity contribution in [1.82, 2.24) is 0 Å². The molecule has 1 aliphatic heterocycles. The summed E-state index contributed by atoms with van der Waals surface area (Å²) in [5.41, 5.74) is 2.15. The first-order chi connectivity index (χ1) is 13.8. The molecule has 3 rings (SSSR count). The van der Waals surface area contributed by atoms with Crippen molar-refractivity contribution < 1.29 is 23.8 Å². The van der Waals surface area contributed by atoms with E-state index in [1.54, 1.807) is 11.8 Å². The summed E-state index contributed by atoms with van der Waals surface area (Å²) in [5.74, 6) is -0.236. The number of fused-ring (bicyclic) bond motifs is 1. The summed E-state index contributed by atoms with van der Waals surface area (Å²) < 4.78 is 16.4. The second kappa shape index (κ2) is 8.74. The Morgan fingerprint density at radius 3 is 2.55 bits per heavy atom. The van der Waals surface area contributed by atoms with Crippen LogP contribution >= 0.6 is 11.6 Å². The normalized spacial score (nSPS) is 13.8. The van der Waals surface area contributed by atoms with Gasteiger partial charge in [-0.1, -0.05) is 29.8 Å². The van der Waals surface area contributed by atoms with Gasteiger partial charge in [-0.15, -0.1) is 0 Å². The van der Waals surface area contributed by atoms with Gasteiger partial charge in [0, 0.05) is 12.2 Å². The summed E-state index contributed by atoms with van der Waals surface area (Å²) in [6.07, 6.45) is -0.266. The van der Waals surface area contributed by atoms with Crippen LogP contribution in [-0.4, -0.2) is 37.7 Å². The Morgan fingerprint density at radius 2 is 1.86 bits per heavy atom. The first kappa shape index (κ1) is 21.0. The smallest absolute Gasteiger partial charge is 0.339 e. The third kappa shape index (κ3) is 4.48. The second-order valence-electron chi connectivity index (χ2n) is 7.07. The van der Waals surface area contributed by atoms with Gasteiger partial charge < -0.3 is 19.1 Å². The molecule has 29 heavy (non-hydrogen) atoms. The summed E-state index contributed by atoms with van der Waals surface area (Å²) in [4.78, 5) is 27.1. The van der Waals surface area contributed by atoms with Crippen molar-refractivity contribution in [3.63, 3.8) is 0 Å². The summed E-state index contributed by atoms with van der Waals surface area (Å²) in [6, 6.07) is 10.7. The third-order valence-corrected chi connectivity index (χ3v) is 4.88. The first-order valence-electron chi connectivity index (χ1n) is 9.46. The van der Waals surface area contributed by atoms with Crippen LogP contribution in [0.3, 0.4) is 0 Å². The molecule has 7 heteroatoms. The maximum absolute atomic E-state index is 12.8. The minimum absolute atomic E-state index is 0.111. The summed E-state index contributed by atoms with van der Waals surface area (Å²) >= 11 is 6.27. The fourth-order valence-corrected chi connectivity index (χ4v) is 3.51. The van der Waals surface area contributed by atoms with Crippen molar-refractivity contribution in [1.29, 1.82) is 0 Å². The number of ether oxygens (including phenoxy) is 3. The molecule has 0 bridgehead atoms. The zero-order valence-corrected chi connectivity index (χ0v) is 17.7. The number of nitrogens with zero attached hydrogens (tertiary/aromatic N) is 1. The predicted octanol–water partition coefficient (Wildman–Crippen LogP) is 4.27. The highest BCUT2D eigenvalue weighted by molar-refractivity contribution is 6.32. The number of halogens is 1. The number of para-hydroxylation sites is 1. The Hall–Kier alpha value is -2.73. The van der Waals surface area contributed by atoms with E-state index in [1.165, 1.54) is 19.2 Å². The number of hydrogen-bond donors (Lipinski definition) is 0. The molecular weight excluding hydrogens is 394 g/mol. The fourth-order valence-electron chi connectivity index (χ4n) is 3.25. The lowest BCUT2D eigenvalue weighted by atomic mass is 10.2. The van der Waals surface area contributed by atoms with E-state index in [4.69, 9.17) is 25.8 Å². The highest BCUT2D eigenvalue weighted by Crippen LogP contribution is 2.37. The molecule has 0 aliphatic carbocycles. The first-order valence-corrected chi connectivity index (χ1v) is 9.84. The van der Waals surface area contributed by atoms with E-state index in [9.17, 15) is 9.59 Å². The standard InChI is InChI=1S/C22H24ClNO5/c1-13(2)28-20-17(23)11-16(12-19(20)27-4)22(26)29-14(3)21(25)24-10-9-15-7-5-6-8-18(15)24/h5-8,11-14H,9-10H2,1-4H3. The number of carbonyl (C=O) groups excluding carboxylic acids is 2. The minimum Gasteiger partial charge on any atom is -0.493 e. The van der Waals surface area contributed by atoms with Crippen molar-refractivity contribution in [2.75, 3.05) is 18.6 Å². The van der Waals surface area contributed by atoms with Gasteiger partial charge in [-0.2, -0.15) is 0 Å².